The van der Waals surface area contributed by atoms with Crippen LogP contribution in [-0.2, 0) is 0 Å². The molecule has 2 unspecified atom stereocenters. The minimum atomic E-state index is 0.0705. The summed E-state index contributed by atoms with van der Waals surface area (Å²) in [6, 6.07) is 2.93. The van der Waals surface area contributed by atoms with Gasteiger partial charge in [0.05, 0.1) is 12.1 Å². The molecule has 0 saturated carbocycles. The maximum Gasteiger partial charge on any atom is 0.0949 e. The van der Waals surface area contributed by atoms with E-state index in [0.717, 1.165) is 13.1 Å². The summed E-state index contributed by atoms with van der Waals surface area (Å²) in [6.07, 6.45) is 2.45. The summed E-state index contributed by atoms with van der Waals surface area (Å²) in [5.74, 6) is 0. The lowest BCUT2D eigenvalue weighted by Gasteiger charge is -2.33. The molecule has 1 rings (SSSR count). The number of likely N-dealkylation sites (N-methyl/N-ethyl adjacent to an activating group) is 1. The standard InChI is InChI=1S/C9H17N3/c1-8(6-10)12-5-3-4-9(7-12)11-2/h8-9,11H,3-5,7H2,1-2H3. The minimum absolute atomic E-state index is 0.0705. The first kappa shape index (κ1) is 9.50. The van der Waals surface area contributed by atoms with E-state index in [2.05, 4.69) is 16.3 Å². The molecule has 1 fully saturated rings. The fourth-order valence-electron chi connectivity index (χ4n) is 1.68. The van der Waals surface area contributed by atoms with Gasteiger partial charge in [0.25, 0.3) is 0 Å². The average Bonchev–Trinajstić information content (AvgIpc) is 2.17. The monoisotopic (exact) mass is 167 g/mol. The van der Waals surface area contributed by atoms with Crippen molar-refractivity contribution >= 4 is 0 Å². The van der Waals surface area contributed by atoms with Crippen LogP contribution in [-0.4, -0.2) is 37.1 Å². The molecule has 1 N–H and O–H groups in total. The van der Waals surface area contributed by atoms with E-state index in [1.54, 1.807) is 0 Å². The van der Waals surface area contributed by atoms with Crippen molar-refractivity contribution in [3.8, 4) is 6.07 Å². The highest BCUT2D eigenvalue weighted by molar-refractivity contribution is 4.91. The van der Waals surface area contributed by atoms with Crippen molar-refractivity contribution in [2.75, 3.05) is 20.1 Å². The Morgan fingerprint density at radius 3 is 3.00 bits per heavy atom. The number of hydrogen-bond acceptors (Lipinski definition) is 3. The van der Waals surface area contributed by atoms with Crippen LogP contribution >= 0.6 is 0 Å². The maximum absolute atomic E-state index is 8.73. The second-order valence-corrected chi connectivity index (χ2v) is 3.43. The first-order chi connectivity index (χ1) is 5.77. The van der Waals surface area contributed by atoms with E-state index < -0.39 is 0 Å². The summed E-state index contributed by atoms with van der Waals surface area (Å²) in [5, 5.41) is 12.0. The van der Waals surface area contributed by atoms with Gasteiger partial charge in [-0.05, 0) is 33.4 Å². The molecule has 3 heteroatoms. The van der Waals surface area contributed by atoms with Gasteiger partial charge in [-0.25, -0.2) is 0 Å². The molecule has 68 valence electrons. The average molecular weight is 167 g/mol. The molecular formula is C9H17N3. The van der Waals surface area contributed by atoms with Crippen molar-refractivity contribution < 1.29 is 0 Å². The van der Waals surface area contributed by atoms with Crippen molar-refractivity contribution in [2.45, 2.75) is 31.8 Å². The van der Waals surface area contributed by atoms with E-state index >= 15 is 0 Å². The van der Waals surface area contributed by atoms with E-state index in [0.29, 0.717) is 6.04 Å². The molecule has 0 amide bonds. The lowest BCUT2D eigenvalue weighted by molar-refractivity contribution is 0.175. The molecule has 0 aromatic rings. The third kappa shape index (κ3) is 2.20. The minimum Gasteiger partial charge on any atom is -0.316 e. The third-order valence-electron chi connectivity index (χ3n) is 2.60. The van der Waals surface area contributed by atoms with E-state index in [9.17, 15) is 0 Å². The molecule has 1 heterocycles. The lowest BCUT2D eigenvalue weighted by Crippen LogP contribution is -2.47. The van der Waals surface area contributed by atoms with E-state index in [1.165, 1.54) is 12.8 Å². The molecule has 0 bridgehead atoms. The number of likely N-dealkylation sites (tertiary alicyclic amines) is 1. The fourth-order valence-corrected chi connectivity index (χ4v) is 1.68. The topological polar surface area (TPSA) is 39.1 Å². The van der Waals surface area contributed by atoms with Gasteiger partial charge >= 0.3 is 0 Å². The van der Waals surface area contributed by atoms with Crippen LogP contribution in [0.5, 0.6) is 0 Å². The van der Waals surface area contributed by atoms with Crippen LogP contribution in [0.3, 0.4) is 0 Å². The summed E-state index contributed by atoms with van der Waals surface area (Å²) in [5.41, 5.74) is 0. The normalized spacial score (nSPS) is 27.9. The molecular weight excluding hydrogens is 150 g/mol. The summed E-state index contributed by atoms with van der Waals surface area (Å²) in [6.45, 7) is 4.07. The van der Waals surface area contributed by atoms with Gasteiger partial charge in [-0.3, -0.25) is 4.90 Å². The molecule has 2 atom stereocenters. The van der Waals surface area contributed by atoms with Gasteiger partial charge in [-0.1, -0.05) is 0 Å². The van der Waals surface area contributed by atoms with Crippen molar-refractivity contribution in [2.24, 2.45) is 0 Å². The Labute approximate surface area is 74.4 Å². The molecule has 1 aliphatic heterocycles. The predicted octanol–water partition coefficient (Wildman–Crippen LogP) is 0.582. The maximum atomic E-state index is 8.73. The zero-order valence-electron chi connectivity index (χ0n) is 7.88. The number of piperidine rings is 1. The highest BCUT2D eigenvalue weighted by atomic mass is 15.2. The van der Waals surface area contributed by atoms with Crippen molar-refractivity contribution in [1.29, 1.82) is 5.26 Å². The number of rotatable bonds is 2. The zero-order chi connectivity index (χ0) is 8.97. The van der Waals surface area contributed by atoms with E-state index in [1.807, 2.05) is 14.0 Å². The highest BCUT2D eigenvalue weighted by Crippen LogP contribution is 2.11. The molecule has 3 nitrogen and oxygen atoms in total. The van der Waals surface area contributed by atoms with Crippen molar-refractivity contribution in [1.82, 2.24) is 10.2 Å². The Hall–Kier alpha value is -0.590. The van der Waals surface area contributed by atoms with Crippen LogP contribution < -0.4 is 5.32 Å². The fraction of sp³-hybridized carbons (Fsp3) is 0.889. The molecule has 1 aliphatic rings. The summed E-state index contributed by atoms with van der Waals surface area (Å²) >= 11 is 0. The Kier molecular flexibility index (Phi) is 3.51. The molecule has 0 aromatic heterocycles. The summed E-state index contributed by atoms with van der Waals surface area (Å²) in [4.78, 5) is 2.24. The Bertz CT molecular complexity index is 173. The quantitative estimate of drug-likeness (QED) is 0.654. The SMILES string of the molecule is CNC1CCCN(C(C)C#N)C1. The molecule has 1 saturated heterocycles. The predicted molar refractivity (Wildman–Crippen MR) is 48.7 cm³/mol. The molecule has 0 spiro atoms. The largest absolute Gasteiger partial charge is 0.316 e. The van der Waals surface area contributed by atoms with Crippen LogP contribution in [0, 0.1) is 11.3 Å². The van der Waals surface area contributed by atoms with Gasteiger partial charge in [0.15, 0.2) is 0 Å². The van der Waals surface area contributed by atoms with Gasteiger partial charge in [-0.15, -0.1) is 0 Å². The van der Waals surface area contributed by atoms with Gasteiger partial charge in [-0.2, -0.15) is 5.26 Å². The van der Waals surface area contributed by atoms with Crippen molar-refractivity contribution in [3.63, 3.8) is 0 Å². The second kappa shape index (κ2) is 4.44. The molecule has 12 heavy (non-hydrogen) atoms. The molecule has 0 aromatic carbocycles. The Morgan fingerprint density at radius 2 is 2.42 bits per heavy atom. The van der Waals surface area contributed by atoms with Gasteiger partial charge in [0, 0.05) is 12.6 Å². The third-order valence-corrected chi connectivity index (χ3v) is 2.60. The van der Waals surface area contributed by atoms with Gasteiger partial charge in [0.2, 0.25) is 0 Å². The first-order valence-electron chi connectivity index (χ1n) is 4.59. The van der Waals surface area contributed by atoms with Crippen LogP contribution in [0.2, 0.25) is 0 Å². The Balaban J connectivity index is 2.41. The highest BCUT2D eigenvalue weighted by Gasteiger charge is 2.21. The number of nitrogens with one attached hydrogen (secondary N) is 1. The first-order valence-corrected chi connectivity index (χ1v) is 4.59. The lowest BCUT2D eigenvalue weighted by atomic mass is 10.0. The van der Waals surface area contributed by atoms with E-state index in [4.69, 9.17) is 5.26 Å². The summed E-state index contributed by atoms with van der Waals surface area (Å²) in [7, 11) is 1.99. The number of nitriles is 1. The van der Waals surface area contributed by atoms with Crippen LogP contribution in [0.1, 0.15) is 19.8 Å². The molecule has 0 aliphatic carbocycles. The van der Waals surface area contributed by atoms with Gasteiger partial charge in [0.1, 0.15) is 0 Å². The number of hydrogen-bond donors (Lipinski definition) is 1. The van der Waals surface area contributed by atoms with Gasteiger partial charge < -0.3 is 5.32 Å². The van der Waals surface area contributed by atoms with Crippen LogP contribution in [0.25, 0.3) is 0 Å². The number of nitrogens with zero attached hydrogens (tertiary/aromatic N) is 2. The summed E-state index contributed by atoms with van der Waals surface area (Å²) < 4.78 is 0. The smallest absolute Gasteiger partial charge is 0.0949 e. The van der Waals surface area contributed by atoms with E-state index in [-0.39, 0.29) is 6.04 Å². The second-order valence-electron chi connectivity index (χ2n) is 3.43. The molecule has 0 radical (unpaired) electrons. The zero-order valence-corrected chi connectivity index (χ0v) is 7.88. The Morgan fingerprint density at radius 1 is 1.67 bits per heavy atom. The van der Waals surface area contributed by atoms with Crippen LogP contribution in [0.15, 0.2) is 0 Å². The van der Waals surface area contributed by atoms with Crippen LogP contribution in [0.4, 0.5) is 0 Å². The van der Waals surface area contributed by atoms with Crippen molar-refractivity contribution in [3.05, 3.63) is 0 Å².